The normalized spacial score (nSPS) is 23.1. The number of hydrogen-bond donors (Lipinski definition) is 1. The summed E-state index contributed by atoms with van der Waals surface area (Å²) in [6.07, 6.45) is 3.94. The number of esters is 1. The van der Waals surface area contributed by atoms with Gasteiger partial charge in [-0.3, -0.25) is 0 Å². The largest absolute Gasteiger partial charge is 0.467 e. The molecule has 1 aliphatic rings. The van der Waals surface area contributed by atoms with E-state index in [-0.39, 0.29) is 17.7 Å². The number of ether oxygens (including phenoxy) is 1. The predicted molar refractivity (Wildman–Crippen MR) is 81.5 cm³/mol. The Labute approximate surface area is 125 Å². The quantitative estimate of drug-likeness (QED) is 0.678. The Bertz CT molecular complexity index is 541. The van der Waals surface area contributed by atoms with Crippen molar-refractivity contribution in [3.05, 3.63) is 41.7 Å². The van der Waals surface area contributed by atoms with Gasteiger partial charge in [0.1, 0.15) is 11.9 Å². The van der Waals surface area contributed by atoms with Gasteiger partial charge in [0.05, 0.1) is 12.8 Å². The zero-order chi connectivity index (χ0) is 15.4. The van der Waals surface area contributed by atoms with Crippen molar-refractivity contribution in [2.75, 3.05) is 12.4 Å². The lowest BCUT2D eigenvalue weighted by molar-refractivity contribution is -0.143. The molecule has 0 radical (unpaired) electrons. The molecule has 0 aromatic heterocycles. The topological polar surface area (TPSA) is 38.3 Å². The monoisotopic (exact) mass is 291 g/mol. The van der Waals surface area contributed by atoms with Crippen molar-refractivity contribution in [3.8, 4) is 0 Å². The molecule has 1 N–H and O–H groups in total. The van der Waals surface area contributed by atoms with Crippen molar-refractivity contribution in [3.63, 3.8) is 0 Å². The van der Waals surface area contributed by atoms with Gasteiger partial charge >= 0.3 is 5.97 Å². The number of nitrogens with one attached hydrogen (secondary N) is 1. The molecule has 1 aliphatic carbocycles. The fourth-order valence-corrected chi connectivity index (χ4v) is 3.09. The van der Waals surface area contributed by atoms with E-state index >= 15 is 0 Å². The molecular formula is C17H22FNO2. The van der Waals surface area contributed by atoms with Crippen LogP contribution in [0.5, 0.6) is 0 Å². The van der Waals surface area contributed by atoms with E-state index in [1.165, 1.54) is 18.7 Å². The van der Waals surface area contributed by atoms with Crippen LogP contribution < -0.4 is 5.32 Å². The van der Waals surface area contributed by atoms with Gasteiger partial charge in [-0.25, -0.2) is 9.18 Å². The number of hydrogen-bond acceptors (Lipinski definition) is 3. The lowest BCUT2D eigenvalue weighted by Crippen LogP contribution is -2.40. The summed E-state index contributed by atoms with van der Waals surface area (Å²) in [5.41, 5.74) is 1.61. The highest BCUT2D eigenvalue weighted by molar-refractivity contribution is 5.79. The minimum absolute atomic E-state index is 0.108. The standard InChI is InChI=1S/C17H22FNO2/c1-11-8-12(2)10-13(9-11)16(17(20)21-3)19-15-7-5-4-6-14(15)18/h4-8,11,13,16,19H,9-10H2,1-3H3. The molecule has 4 heteroatoms. The number of allylic oxidation sites excluding steroid dienone is 2. The summed E-state index contributed by atoms with van der Waals surface area (Å²) >= 11 is 0. The fraction of sp³-hybridized carbons (Fsp3) is 0.471. The molecule has 3 nitrogen and oxygen atoms in total. The third kappa shape index (κ3) is 3.84. The van der Waals surface area contributed by atoms with Gasteiger partial charge < -0.3 is 10.1 Å². The van der Waals surface area contributed by atoms with Crippen molar-refractivity contribution in [1.82, 2.24) is 0 Å². The van der Waals surface area contributed by atoms with Crippen molar-refractivity contribution in [1.29, 1.82) is 0 Å². The van der Waals surface area contributed by atoms with Crippen LogP contribution in [0.3, 0.4) is 0 Å². The molecule has 114 valence electrons. The minimum Gasteiger partial charge on any atom is -0.467 e. The molecule has 1 aromatic rings. The summed E-state index contributed by atoms with van der Waals surface area (Å²) in [5.74, 6) is -0.178. The van der Waals surface area contributed by atoms with Crippen LogP contribution >= 0.6 is 0 Å². The number of anilines is 1. The van der Waals surface area contributed by atoms with Crippen LogP contribution in [0, 0.1) is 17.7 Å². The van der Waals surface area contributed by atoms with Gasteiger partial charge in [0.15, 0.2) is 0 Å². The minimum atomic E-state index is -0.530. The van der Waals surface area contributed by atoms with Crippen molar-refractivity contribution >= 4 is 11.7 Å². The van der Waals surface area contributed by atoms with Crippen molar-refractivity contribution in [2.45, 2.75) is 32.7 Å². The lowest BCUT2D eigenvalue weighted by atomic mass is 9.79. The Kier molecular flexibility index (Phi) is 4.99. The van der Waals surface area contributed by atoms with Crippen LogP contribution in [0.15, 0.2) is 35.9 Å². The summed E-state index contributed by atoms with van der Waals surface area (Å²) in [6, 6.07) is 5.86. The molecule has 0 fully saturated rings. The van der Waals surface area contributed by atoms with Crippen LogP contribution in [0.4, 0.5) is 10.1 Å². The van der Waals surface area contributed by atoms with E-state index in [2.05, 4.69) is 25.2 Å². The summed E-state index contributed by atoms with van der Waals surface area (Å²) in [4.78, 5) is 12.1. The Balaban J connectivity index is 2.21. The maximum absolute atomic E-state index is 13.8. The maximum atomic E-state index is 13.8. The second kappa shape index (κ2) is 6.74. The van der Waals surface area contributed by atoms with Crippen LogP contribution in [0.2, 0.25) is 0 Å². The molecule has 3 atom stereocenters. The molecule has 21 heavy (non-hydrogen) atoms. The summed E-state index contributed by atoms with van der Waals surface area (Å²) in [6.45, 7) is 4.20. The zero-order valence-corrected chi connectivity index (χ0v) is 12.7. The highest BCUT2D eigenvalue weighted by Crippen LogP contribution is 2.32. The van der Waals surface area contributed by atoms with E-state index in [1.54, 1.807) is 18.2 Å². The Morgan fingerprint density at radius 3 is 2.76 bits per heavy atom. The highest BCUT2D eigenvalue weighted by Gasteiger charge is 2.32. The first-order valence-corrected chi connectivity index (χ1v) is 7.27. The van der Waals surface area contributed by atoms with E-state index in [1.807, 2.05) is 0 Å². The van der Waals surface area contributed by atoms with Gasteiger partial charge in [0.2, 0.25) is 0 Å². The molecule has 0 spiro atoms. The van der Waals surface area contributed by atoms with E-state index in [9.17, 15) is 9.18 Å². The first-order chi connectivity index (χ1) is 10.0. The third-order valence-electron chi connectivity index (χ3n) is 3.94. The average molecular weight is 291 g/mol. The molecule has 0 heterocycles. The average Bonchev–Trinajstić information content (AvgIpc) is 2.44. The summed E-state index contributed by atoms with van der Waals surface area (Å²) < 4.78 is 18.7. The van der Waals surface area contributed by atoms with Gasteiger partial charge in [-0.1, -0.05) is 30.7 Å². The maximum Gasteiger partial charge on any atom is 0.328 e. The SMILES string of the molecule is COC(=O)C(Nc1ccccc1F)C1CC(C)=CC(C)C1. The number of carbonyl (C=O) groups is 1. The van der Waals surface area contributed by atoms with Crippen LogP contribution in [-0.2, 0) is 9.53 Å². The number of para-hydroxylation sites is 1. The van der Waals surface area contributed by atoms with E-state index in [4.69, 9.17) is 4.74 Å². The molecule has 3 unspecified atom stereocenters. The lowest BCUT2D eigenvalue weighted by Gasteiger charge is -2.31. The number of carbonyl (C=O) groups excluding carboxylic acids is 1. The number of benzene rings is 1. The number of rotatable bonds is 4. The number of halogens is 1. The van der Waals surface area contributed by atoms with Gasteiger partial charge in [-0.2, -0.15) is 0 Å². The molecule has 0 aliphatic heterocycles. The first-order valence-electron chi connectivity index (χ1n) is 7.27. The first kappa shape index (κ1) is 15.5. The molecule has 0 amide bonds. The molecule has 0 bridgehead atoms. The second-order valence-electron chi connectivity index (χ2n) is 5.82. The van der Waals surface area contributed by atoms with Gasteiger partial charge in [0, 0.05) is 0 Å². The Morgan fingerprint density at radius 2 is 2.14 bits per heavy atom. The van der Waals surface area contributed by atoms with Crippen molar-refractivity contribution < 1.29 is 13.9 Å². The van der Waals surface area contributed by atoms with Gasteiger partial charge in [0.25, 0.3) is 0 Å². The van der Waals surface area contributed by atoms with Gasteiger partial charge in [-0.15, -0.1) is 0 Å². The van der Waals surface area contributed by atoms with Gasteiger partial charge in [-0.05, 0) is 43.7 Å². The predicted octanol–water partition coefficient (Wildman–Crippen LogP) is 3.77. The summed E-state index contributed by atoms with van der Waals surface area (Å²) in [7, 11) is 1.37. The molecule has 1 aromatic carbocycles. The Hall–Kier alpha value is -1.84. The molecule has 0 saturated heterocycles. The third-order valence-corrected chi connectivity index (χ3v) is 3.94. The Morgan fingerprint density at radius 1 is 1.43 bits per heavy atom. The van der Waals surface area contributed by atoms with E-state index in [0.29, 0.717) is 11.6 Å². The molecular weight excluding hydrogens is 269 g/mol. The van der Waals surface area contributed by atoms with Crippen LogP contribution in [0.25, 0.3) is 0 Å². The molecule has 2 rings (SSSR count). The smallest absolute Gasteiger partial charge is 0.328 e. The second-order valence-corrected chi connectivity index (χ2v) is 5.82. The van der Waals surface area contributed by atoms with Crippen molar-refractivity contribution in [2.24, 2.45) is 11.8 Å². The van der Waals surface area contributed by atoms with E-state index < -0.39 is 6.04 Å². The fourth-order valence-electron chi connectivity index (χ4n) is 3.09. The van der Waals surface area contributed by atoms with E-state index in [0.717, 1.165) is 12.8 Å². The number of methoxy groups -OCH3 is 1. The van der Waals surface area contributed by atoms with Crippen LogP contribution in [0.1, 0.15) is 26.7 Å². The summed E-state index contributed by atoms with van der Waals surface area (Å²) in [5, 5.41) is 3.03. The zero-order valence-electron chi connectivity index (χ0n) is 12.7. The van der Waals surface area contributed by atoms with Crippen LogP contribution in [-0.4, -0.2) is 19.1 Å². The molecule has 0 saturated carbocycles. The highest BCUT2D eigenvalue weighted by atomic mass is 19.1.